The number of benzene rings is 1. The average Bonchev–Trinajstić information content (AvgIpc) is 2.93. The number of aromatic amines is 1. The van der Waals surface area contributed by atoms with E-state index in [1.165, 1.54) is 0 Å². The topological polar surface area (TPSA) is 54.6 Å². The summed E-state index contributed by atoms with van der Waals surface area (Å²) in [6, 6.07) is 7.65. The van der Waals surface area contributed by atoms with Gasteiger partial charge in [0, 0.05) is 35.8 Å². The number of carbonyl (C=O) groups is 1. The summed E-state index contributed by atoms with van der Waals surface area (Å²) in [5.41, 5.74) is 2.01. The summed E-state index contributed by atoms with van der Waals surface area (Å²) in [5.74, 6) is -0.191. The smallest absolute Gasteiger partial charge is 0.328 e. The van der Waals surface area contributed by atoms with Crippen molar-refractivity contribution in [1.29, 1.82) is 0 Å². The minimum absolute atomic E-state index is 0.191. The van der Waals surface area contributed by atoms with Crippen LogP contribution in [0.3, 0.4) is 0 Å². The van der Waals surface area contributed by atoms with E-state index in [4.69, 9.17) is 9.47 Å². The molecular weight excluding hydrogens is 268 g/mol. The number of H-pyrrole nitrogens is 1. The maximum absolute atomic E-state index is 12.5. The van der Waals surface area contributed by atoms with Gasteiger partial charge in [0.05, 0.1) is 19.8 Å². The zero-order chi connectivity index (χ0) is 14.7. The van der Waals surface area contributed by atoms with E-state index in [2.05, 4.69) is 9.88 Å². The van der Waals surface area contributed by atoms with Crippen LogP contribution >= 0.6 is 0 Å². The van der Waals surface area contributed by atoms with Gasteiger partial charge in [-0.1, -0.05) is 18.2 Å². The highest BCUT2D eigenvalue weighted by molar-refractivity contribution is 5.89. The third-order valence-electron chi connectivity index (χ3n) is 3.84. The summed E-state index contributed by atoms with van der Waals surface area (Å²) in [4.78, 5) is 17.8. The molecule has 1 saturated heterocycles. The highest BCUT2D eigenvalue weighted by atomic mass is 16.5. The molecule has 1 aromatic heterocycles. The number of para-hydroxylation sites is 1. The second-order valence-corrected chi connectivity index (χ2v) is 5.09. The van der Waals surface area contributed by atoms with E-state index in [1.54, 1.807) is 0 Å². The number of hydrogen-bond acceptors (Lipinski definition) is 4. The summed E-state index contributed by atoms with van der Waals surface area (Å²) >= 11 is 0. The van der Waals surface area contributed by atoms with E-state index < -0.39 is 0 Å². The van der Waals surface area contributed by atoms with Crippen molar-refractivity contribution in [3.63, 3.8) is 0 Å². The minimum Gasteiger partial charge on any atom is -0.465 e. The molecule has 0 bridgehead atoms. The Morgan fingerprint density at radius 3 is 2.90 bits per heavy atom. The molecule has 1 N–H and O–H groups in total. The molecule has 5 heteroatoms. The molecule has 0 aliphatic carbocycles. The third-order valence-corrected chi connectivity index (χ3v) is 3.84. The van der Waals surface area contributed by atoms with Gasteiger partial charge < -0.3 is 14.5 Å². The van der Waals surface area contributed by atoms with Gasteiger partial charge in [-0.2, -0.15) is 0 Å². The van der Waals surface area contributed by atoms with E-state index in [-0.39, 0.29) is 12.0 Å². The second-order valence-electron chi connectivity index (χ2n) is 5.09. The Labute approximate surface area is 123 Å². The summed E-state index contributed by atoms with van der Waals surface area (Å²) in [5, 5.41) is 1.07. The summed E-state index contributed by atoms with van der Waals surface area (Å²) < 4.78 is 10.7. The van der Waals surface area contributed by atoms with Crippen LogP contribution in [0.25, 0.3) is 10.9 Å². The number of carbonyl (C=O) groups excluding carboxylic acids is 1. The zero-order valence-electron chi connectivity index (χ0n) is 12.2. The van der Waals surface area contributed by atoms with E-state index in [9.17, 15) is 4.79 Å². The van der Waals surface area contributed by atoms with Gasteiger partial charge in [0.2, 0.25) is 0 Å². The first-order chi connectivity index (χ1) is 10.3. The van der Waals surface area contributed by atoms with E-state index in [0.717, 1.165) is 29.6 Å². The maximum Gasteiger partial charge on any atom is 0.328 e. The lowest BCUT2D eigenvalue weighted by atomic mass is 10.0. The Hall–Kier alpha value is -1.85. The largest absolute Gasteiger partial charge is 0.465 e. The fourth-order valence-electron chi connectivity index (χ4n) is 2.85. The Kier molecular flexibility index (Phi) is 4.22. The van der Waals surface area contributed by atoms with Crippen molar-refractivity contribution in [3.8, 4) is 0 Å². The van der Waals surface area contributed by atoms with E-state index in [1.807, 2.05) is 37.4 Å². The third kappa shape index (κ3) is 2.80. The molecule has 1 fully saturated rings. The molecule has 0 radical (unpaired) electrons. The van der Waals surface area contributed by atoms with Gasteiger partial charge in [-0.05, 0) is 13.0 Å². The molecule has 1 aromatic carbocycles. The van der Waals surface area contributed by atoms with E-state index >= 15 is 0 Å². The minimum atomic E-state index is -0.370. The zero-order valence-corrected chi connectivity index (χ0v) is 12.2. The highest BCUT2D eigenvalue weighted by Crippen LogP contribution is 2.30. The molecule has 0 saturated carbocycles. The van der Waals surface area contributed by atoms with Gasteiger partial charge in [0.25, 0.3) is 0 Å². The highest BCUT2D eigenvalue weighted by Gasteiger charge is 2.32. The number of esters is 1. The van der Waals surface area contributed by atoms with Crippen LogP contribution in [0.1, 0.15) is 18.5 Å². The van der Waals surface area contributed by atoms with Crippen LogP contribution in [-0.4, -0.2) is 48.8 Å². The number of hydrogen-bond donors (Lipinski definition) is 1. The Morgan fingerprint density at radius 2 is 2.14 bits per heavy atom. The van der Waals surface area contributed by atoms with Gasteiger partial charge in [-0.15, -0.1) is 0 Å². The van der Waals surface area contributed by atoms with E-state index in [0.29, 0.717) is 19.8 Å². The van der Waals surface area contributed by atoms with Crippen LogP contribution in [0.4, 0.5) is 0 Å². The van der Waals surface area contributed by atoms with Gasteiger partial charge in [-0.25, -0.2) is 4.79 Å². The summed E-state index contributed by atoms with van der Waals surface area (Å²) in [6.07, 6.45) is 1.92. The standard InChI is InChI=1S/C16H20N2O3/c1-2-21-16(19)15(18-7-9-20-10-8-18)13-11-17-14-6-4-3-5-12(13)14/h3-6,11,15,17H,2,7-10H2,1H3. The fraction of sp³-hybridized carbons (Fsp3) is 0.438. The Morgan fingerprint density at radius 1 is 1.38 bits per heavy atom. The van der Waals surface area contributed by atoms with Crippen LogP contribution in [0, 0.1) is 0 Å². The lowest BCUT2D eigenvalue weighted by Gasteiger charge is -2.32. The molecule has 2 aromatic rings. The van der Waals surface area contributed by atoms with Crippen LogP contribution in [0.2, 0.25) is 0 Å². The van der Waals surface area contributed by atoms with Crippen LogP contribution in [-0.2, 0) is 14.3 Å². The van der Waals surface area contributed by atoms with Crippen molar-refractivity contribution >= 4 is 16.9 Å². The number of nitrogens with one attached hydrogen (secondary N) is 1. The first kappa shape index (κ1) is 14.1. The van der Waals surface area contributed by atoms with Crippen molar-refractivity contribution in [1.82, 2.24) is 9.88 Å². The molecular formula is C16H20N2O3. The molecule has 0 amide bonds. The second kappa shape index (κ2) is 6.28. The van der Waals surface area contributed by atoms with Gasteiger partial charge in [0.15, 0.2) is 0 Å². The molecule has 1 unspecified atom stereocenters. The van der Waals surface area contributed by atoms with Crippen LogP contribution < -0.4 is 0 Å². The summed E-state index contributed by atoms with van der Waals surface area (Å²) in [7, 11) is 0. The van der Waals surface area contributed by atoms with Gasteiger partial charge >= 0.3 is 5.97 Å². The molecule has 1 atom stereocenters. The molecule has 1 aliphatic heterocycles. The number of rotatable bonds is 4. The Balaban J connectivity index is 1.99. The monoisotopic (exact) mass is 288 g/mol. The predicted molar refractivity (Wildman–Crippen MR) is 80.1 cm³/mol. The fourth-order valence-corrected chi connectivity index (χ4v) is 2.85. The summed E-state index contributed by atoms with van der Waals surface area (Å²) in [6.45, 7) is 5.01. The van der Waals surface area contributed by atoms with Crippen LogP contribution in [0.15, 0.2) is 30.5 Å². The number of fused-ring (bicyclic) bond motifs is 1. The molecule has 2 heterocycles. The van der Waals surface area contributed by atoms with Crippen molar-refractivity contribution in [2.75, 3.05) is 32.9 Å². The van der Waals surface area contributed by atoms with Crippen molar-refractivity contribution < 1.29 is 14.3 Å². The lowest BCUT2D eigenvalue weighted by Crippen LogP contribution is -2.42. The van der Waals surface area contributed by atoms with Gasteiger partial charge in [-0.3, -0.25) is 4.90 Å². The molecule has 112 valence electrons. The maximum atomic E-state index is 12.5. The van der Waals surface area contributed by atoms with Crippen molar-refractivity contribution in [3.05, 3.63) is 36.0 Å². The SMILES string of the molecule is CCOC(=O)C(c1c[nH]c2ccccc12)N1CCOCC1. The molecule has 3 rings (SSSR count). The predicted octanol–water partition coefficient (Wildman–Crippen LogP) is 2.10. The number of nitrogens with zero attached hydrogens (tertiary/aromatic N) is 1. The number of aromatic nitrogens is 1. The quantitative estimate of drug-likeness (QED) is 0.875. The molecule has 21 heavy (non-hydrogen) atoms. The van der Waals surface area contributed by atoms with Crippen molar-refractivity contribution in [2.24, 2.45) is 0 Å². The first-order valence-corrected chi connectivity index (χ1v) is 7.35. The molecule has 1 aliphatic rings. The van der Waals surface area contributed by atoms with Gasteiger partial charge in [0.1, 0.15) is 6.04 Å². The molecule has 0 spiro atoms. The normalized spacial score (nSPS) is 17.8. The Bertz CT molecular complexity index is 617. The van der Waals surface area contributed by atoms with Crippen LogP contribution in [0.5, 0.6) is 0 Å². The number of morpholine rings is 1. The molecule has 5 nitrogen and oxygen atoms in total. The number of ether oxygens (including phenoxy) is 2. The van der Waals surface area contributed by atoms with Crippen molar-refractivity contribution in [2.45, 2.75) is 13.0 Å². The first-order valence-electron chi connectivity index (χ1n) is 7.35. The lowest BCUT2D eigenvalue weighted by molar-refractivity contribution is -0.151. The average molecular weight is 288 g/mol.